The molecule has 0 spiro atoms. The van der Waals surface area contributed by atoms with Gasteiger partial charge < -0.3 is 9.26 Å². The first-order chi connectivity index (χ1) is 12.4. The maximum Gasteiger partial charge on any atom is 0.294 e. The molecule has 2 aromatic rings. The molecule has 1 saturated heterocycles. The van der Waals surface area contributed by atoms with Gasteiger partial charge in [-0.15, -0.1) is 10.2 Å². The summed E-state index contributed by atoms with van der Waals surface area (Å²) in [6.07, 6.45) is 0.750. The summed E-state index contributed by atoms with van der Waals surface area (Å²) in [7, 11) is -3.60. The molecule has 0 saturated carbocycles. The molecule has 3 heterocycles. The number of aryl methyl sites for hydroxylation is 2. The van der Waals surface area contributed by atoms with Gasteiger partial charge in [-0.1, -0.05) is 16.5 Å². The monoisotopic (exact) mass is 401 g/mol. The second-order valence-electron chi connectivity index (χ2n) is 6.08. The van der Waals surface area contributed by atoms with Crippen LogP contribution in [-0.4, -0.2) is 65.8 Å². The zero-order chi connectivity index (χ0) is 18.7. The summed E-state index contributed by atoms with van der Waals surface area (Å²) in [6, 6.07) is 0. The number of rotatable bonds is 6. The van der Waals surface area contributed by atoms with Crippen LogP contribution in [0.1, 0.15) is 29.8 Å². The second-order valence-corrected chi connectivity index (χ2v) is 8.98. The maximum atomic E-state index is 13.0. The number of aromatic nitrogens is 3. The SMILES string of the molecule is CCOc1nnc(CN2CCCN(S(=O)(=O)c3c(C)noc3C)CC2)s1. The molecule has 26 heavy (non-hydrogen) atoms. The molecule has 9 nitrogen and oxygen atoms in total. The van der Waals surface area contributed by atoms with E-state index < -0.39 is 10.0 Å². The van der Waals surface area contributed by atoms with Gasteiger partial charge in [-0.2, -0.15) is 4.31 Å². The van der Waals surface area contributed by atoms with E-state index in [1.807, 2.05) is 6.92 Å². The minimum absolute atomic E-state index is 0.191. The highest BCUT2D eigenvalue weighted by Gasteiger charge is 2.32. The number of hydrogen-bond donors (Lipinski definition) is 0. The molecule has 0 unspecified atom stereocenters. The van der Waals surface area contributed by atoms with E-state index in [4.69, 9.17) is 9.26 Å². The normalized spacial score (nSPS) is 17.3. The Balaban J connectivity index is 1.66. The third-order valence-corrected chi connectivity index (χ3v) is 7.15. The molecule has 144 valence electrons. The lowest BCUT2D eigenvalue weighted by molar-refractivity contribution is 0.277. The molecular formula is C15H23N5O4S2. The first-order valence-electron chi connectivity index (χ1n) is 8.52. The van der Waals surface area contributed by atoms with Crippen LogP contribution in [0.2, 0.25) is 0 Å². The fraction of sp³-hybridized carbons (Fsp3) is 0.667. The Labute approximate surface area is 157 Å². The van der Waals surface area contributed by atoms with Gasteiger partial charge in [0.25, 0.3) is 5.19 Å². The minimum Gasteiger partial charge on any atom is -0.469 e. The molecular weight excluding hydrogens is 378 g/mol. The molecule has 0 bridgehead atoms. The van der Waals surface area contributed by atoms with Gasteiger partial charge in [0.15, 0.2) is 5.76 Å². The number of sulfonamides is 1. The molecule has 0 N–H and O–H groups in total. The van der Waals surface area contributed by atoms with E-state index in [9.17, 15) is 8.42 Å². The lowest BCUT2D eigenvalue weighted by Crippen LogP contribution is -2.35. The van der Waals surface area contributed by atoms with Crippen LogP contribution >= 0.6 is 11.3 Å². The van der Waals surface area contributed by atoms with Crippen molar-refractivity contribution in [2.75, 3.05) is 32.8 Å². The molecule has 1 aliphatic rings. The summed E-state index contributed by atoms with van der Waals surface area (Å²) in [5.41, 5.74) is 0.404. The van der Waals surface area contributed by atoms with Gasteiger partial charge in [0.2, 0.25) is 10.0 Å². The number of hydrogen-bond acceptors (Lipinski definition) is 9. The zero-order valence-corrected chi connectivity index (χ0v) is 16.8. The van der Waals surface area contributed by atoms with Crippen molar-refractivity contribution in [2.45, 2.75) is 38.6 Å². The first kappa shape index (κ1) is 19.2. The van der Waals surface area contributed by atoms with E-state index in [1.165, 1.54) is 15.6 Å². The van der Waals surface area contributed by atoms with Gasteiger partial charge in [0, 0.05) is 19.6 Å². The summed E-state index contributed by atoms with van der Waals surface area (Å²) in [5.74, 6) is 0.334. The van der Waals surface area contributed by atoms with Gasteiger partial charge in [-0.05, 0) is 33.7 Å². The van der Waals surface area contributed by atoms with Gasteiger partial charge in [0.1, 0.15) is 15.6 Å². The number of ether oxygens (including phenoxy) is 1. The highest BCUT2D eigenvalue weighted by Crippen LogP contribution is 2.25. The average molecular weight is 402 g/mol. The maximum absolute atomic E-state index is 13.0. The molecule has 11 heteroatoms. The van der Waals surface area contributed by atoms with Crippen LogP contribution in [0.5, 0.6) is 5.19 Å². The zero-order valence-electron chi connectivity index (χ0n) is 15.1. The van der Waals surface area contributed by atoms with Crippen molar-refractivity contribution in [1.82, 2.24) is 24.6 Å². The van der Waals surface area contributed by atoms with Crippen LogP contribution in [-0.2, 0) is 16.6 Å². The van der Waals surface area contributed by atoms with Crippen LogP contribution in [0.3, 0.4) is 0 Å². The Hall–Kier alpha value is -1.56. The summed E-state index contributed by atoms with van der Waals surface area (Å²) in [5, 5.41) is 13.4. The lowest BCUT2D eigenvalue weighted by atomic mass is 10.4. The lowest BCUT2D eigenvalue weighted by Gasteiger charge is -2.20. The van der Waals surface area contributed by atoms with Gasteiger partial charge in [0.05, 0.1) is 13.2 Å². The second kappa shape index (κ2) is 7.99. The number of nitrogens with zero attached hydrogens (tertiary/aromatic N) is 5. The highest BCUT2D eigenvalue weighted by atomic mass is 32.2. The van der Waals surface area contributed by atoms with Crippen molar-refractivity contribution in [1.29, 1.82) is 0 Å². The fourth-order valence-corrected chi connectivity index (χ4v) is 5.54. The Bertz CT molecular complexity index is 829. The Morgan fingerprint density at radius 3 is 2.69 bits per heavy atom. The van der Waals surface area contributed by atoms with Crippen molar-refractivity contribution in [2.24, 2.45) is 0 Å². The van der Waals surface area contributed by atoms with Gasteiger partial charge in [-0.3, -0.25) is 4.90 Å². The van der Waals surface area contributed by atoms with Crippen LogP contribution in [0.15, 0.2) is 9.42 Å². The van der Waals surface area contributed by atoms with Crippen LogP contribution in [0, 0.1) is 13.8 Å². The van der Waals surface area contributed by atoms with Crippen LogP contribution in [0.25, 0.3) is 0 Å². The van der Waals surface area contributed by atoms with E-state index in [0.717, 1.165) is 18.0 Å². The third kappa shape index (κ3) is 4.05. The van der Waals surface area contributed by atoms with Crippen molar-refractivity contribution >= 4 is 21.4 Å². The summed E-state index contributed by atoms with van der Waals surface area (Å²) in [6.45, 7) is 8.72. The standard InChI is InChI=1S/C15H23N5O4S2/c1-4-23-15-17-16-13(25-15)10-19-6-5-7-20(9-8-19)26(21,22)14-11(2)18-24-12(14)3/h4-10H2,1-3H3. The smallest absolute Gasteiger partial charge is 0.294 e. The van der Waals surface area contributed by atoms with Crippen LogP contribution in [0.4, 0.5) is 0 Å². The average Bonchev–Trinajstić information content (AvgIpc) is 3.07. The molecule has 0 amide bonds. The van der Waals surface area contributed by atoms with E-state index in [1.54, 1.807) is 13.8 Å². The van der Waals surface area contributed by atoms with Gasteiger partial charge in [-0.25, -0.2) is 8.42 Å². The Morgan fingerprint density at radius 1 is 1.19 bits per heavy atom. The van der Waals surface area contributed by atoms with E-state index in [-0.39, 0.29) is 4.90 Å². The molecule has 2 aromatic heterocycles. The molecule has 0 atom stereocenters. The van der Waals surface area contributed by atoms with Crippen molar-refractivity contribution < 1.29 is 17.7 Å². The predicted molar refractivity (Wildman–Crippen MR) is 95.7 cm³/mol. The summed E-state index contributed by atoms with van der Waals surface area (Å²) < 4.78 is 37.8. The molecule has 0 aliphatic carbocycles. The molecule has 0 radical (unpaired) electrons. The largest absolute Gasteiger partial charge is 0.469 e. The topological polar surface area (TPSA) is 102 Å². The van der Waals surface area contributed by atoms with E-state index in [0.29, 0.717) is 49.4 Å². The quantitative estimate of drug-likeness (QED) is 0.716. The molecule has 3 rings (SSSR count). The summed E-state index contributed by atoms with van der Waals surface area (Å²) in [4.78, 5) is 2.38. The van der Waals surface area contributed by atoms with Gasteiger partial charge >= 0.3 is 0 Å². The molecule has 0 aromatic carbocycles. The fourth-order valence-electron chi connectivity index (χ4n) is 2.99. The van der Waals surface area contributed by atoms with Crippen molar-refractivity contribution in [3.05, 3.63) is 16.5 Å². The van der Waals surface area contributed by atoms with Crippen molar-refractivity contribution in [3.8, 4) is 5.19 Å². The van der Waals surface area contributed by atoms with Crippen molar-refractivity contribution in [3.63, 3.8) is 0 Å². The summed E-state index contributed by atoms with van der Waals surface area (Å²) >= 11 is 1.43. The molecule has 1 aliphatic heterocycles. The Morgan fingerprint density at radius 2 is 2.00 bits per heavy atom. The third-order valence-electron chi connectivity index (χ3n) is 4.19. The Kier molecular flexibility index (Phi) is 5.90. The molecule has 1 fully saturated rings. The predicted octanol–water partition coefficient (Wildman–Crippen LogP) is 1.44. The van der Waals surface area contributed by atoms with E-state index >= 15 is 0 Å². The minimum atomic E-state index is -3.60. The first-order valence-corrected chi connectivity index (χ1v) is 10.8. The highest BCUT2D eigenvalue weighted by molar-refractivity contribution is 7.89. The van der Waals surface area contributed by atoms with E-state index in [2.05, 4.69) is 20.3 Å². The van der Waals surface area contributed by atoms with Crippen LogP contribution < -0.4 is 4.74 Å².